The maximum Gasteiger partial charge on any atom is 0.306 e. The third-order valence-electron chi connectivity index (χ3n) is 4.86. The third-order valence-corrected chi connectivity index (χ3v) is 5.07. The molecule has 2 heterocycles. The van der Waals surface area contributed by atoms with Gasteiger partial charge in [-0.25, -0.2) is 4.98 Å². The first-order valence-electron chi connectivity index (χ1n) is 8.88. The quantitative estimate of drug-likeness (QED) is 0.797. The van der Waals surface area contributed by atoms with E-state index in [1.165, 1.54) is 6.20 Å². The van der Waals surface area contributed by atoms with Crippen LogP contribution in [0.5, 0.6) is 0 Å². The highest BCUT2D eigenvalue weighted by Gasteiger charge is 2.24. The maximum absolute atomic E-state index is 12.6. The number of halogens is 1. The molecule has 1 aliphatic rings. The number of pyridine rings is 1. The van der Waals surface area contributed by atoms with Gasteiger partial charge in [-0.15, -0.1) is 0 Å². The van der Waals surface area contributed by atoms with Crippen molar-refractivity contribution in [2.75, 3.05) is 25.0 Å². The number of piperidine rings is 1. The number of hydrogen-bond acceptors (Lipinski definition) is 4. The molecule has 1 amide bonds. The number of nitrogens with zero attached hydrogens (tertiary/aromatic N) is 3. The van der Waals surface area contributed by atoms with E-state index in [0.717, 1.165) is 24.3 Å². The molecule has 0 spiro atoms. The van der Waals surface area contributed by atoms with Gasteiger partial charge in [0.05, 0.1) is 5.92 Å². The minimum Gasteiger partial charge on any atom is -0.481 e. The lowest BCUT2D eigenvalue weighted by Gasteiger charge is -2.32. The van der Waals surface area contributed by atoms with Gasteiger partial charge in [0.1, 0.15) is 5.15 Å². The molecule has 1 aromatic heterocycles. The van der Waals surface area contributed by atoms with E-state index in [1.807, 2.05) is 18.2 Å². The second-order valence-electron chi connectivity index (χ2n) is 6.80. The molecule has 0 saturated carbocycles. The first kappa shape index (κ1) is 19.2. The van der Waals surface area contributed by atoms with Crippen LogP contribution in [-0.4, -0.2) is 47.0 Å². The molecular weight excluding hydrogens is 366 g/mol. The van der Waals surface area contributed by atoms with Gasteiger partial charge in [0.2, 0.25) is 0 Å². The molecule has 0 bridgehead atoms. The topological polar surface area (TPSA) is 73.7 Å². The summed E-state index contributed by atoms with van der Waals surface area (Å²) in [5.41, 5.74) is 2.58. The van der Waals surface area contributed by atoms with Crippen molar-refractivity contribution in [1.82, 2.24) is 9.88 Å². The number of amides is 1. The van der Waals surface area contributed by atoms with Gasteiger partial charge in [0.15, 0.2) is 0 Å². The fourth-order valence-corrected chi connectivity index (χ4v) is 3.51. The standard InChI is InChI=1S/C20H22ClN3O3/c1-23(19(25)16-5-8-22-18(21)12-16)13-14-3-2-4-17(11-14)24-9-6-15(7-10-24)20(26)27/h2-5,8,11-12,15H,6-7,9-10,13H2,1H3,(H,26,27). The molecule has 7 heteroatoms. The molecule has 1 N–H and O–H groups in total. The highest BCUT2D eigenvalue weighted by molar-refractivity contribution is 6.29. The van der Waals surface area contributed by atoms with Gasteiger partial charge in [-0.05, 0) is 42.7 Å². The van der Waals surface area contributed by atoms with Crippen LogP contribution in [-0.2, 0) is 11.3 Å². The van der Waals surface area contributed by atoms with E-state index in [4.69, 9.17) is 16.7 Å². The predicted molar refractivity (Wildman–Crippen MR) is 104 cm³/mol. The van der Waals surface area contributed by atoms with Gasteiger partial charge < -0.3 is 14.9 Å². The molecule has 2 aromatic rings. The van der Waals surface area contributed by atoms with E-state index < -0.39 is 5.97 Å². The number of hydrogen-bond donors (Lipinski definition) is 1. The Hall–Kier alpha value is -2.60. The highest BCUT2D eigenvalue weighted by atomic mass is 35.5. The number of anilines is 1. The van der Waals surface area contributed by atoms with Crippen molar-refractivity contribution in [2.45, 2.75) is 19.4 Å². The molecule has 0 aliphatic carbocycles. The second-order valence-corrected chi connectivity index (χ2v) is 7.19. The number of rotatable bonds is 5. The average molecular weight is 388 g/mol. The van der Waals surface area contributed by atoms with Crippen LogP contribution in [0.3, 0.4) is 0 Å². The van der Waals surface area contributed by atoms with Crippen LogP contribution in [0.1, 0.15) is 28.8 Å². The van der Waals surface area contributed by atoms with Crippen LogP contribution < -0.4 is 4.90 Å². The lowest BCUT2D eigenvalue weighted by Crippen LogP contribution is -2.36. The Balaban J connectivity index is 1.65. The van der Waals surface area contributed by atoms with Crippen LogP contribution in [0, 0.1) is 5.92 Å². The SMILES string of the molecule is CN(Cc1cccc(N2CCC(C(=O)O)CC2)c1)C(=O)c1ccnc(Cl)c1. The maximum atomic E-state index is 12.6. The minimum atomic E-state index is -0.709. The number of benzene rings is 1. The van der Waals surface area contributed by atoms with E-state index in [1.54, 1.807) is 24.1 Å². The van der Waals surface area contributed by atoms with Crippen molar-refractivity contribution >= 4 is 29.2 Å². The van der Waals surface area contributed by atoms with Crippen molar-refractivity contribution in [3.05, 3.63) is 58.9 Å². The number of carboxylic acids is 1. The summed E-state index contributed by atoms with van der Waals surface area (Å²) in [5.74, 6) is -1.08. The molecule has 3 rings (SSSR count). The highest BCUT2D eigenvalue weighted by Crippen LogP contribution is 2.24. The zero-order valence-electron chi connectivity index (χ0n) is 15.1. The summed E-state index contributed by atoms with van der Waals surface area (Å²) < 4.78 is 0. The Bertz CT molecular complexity index is 835. The summed E-state index contributed by atoms with van der Waals surface area (Å²) in [5, 5.41) is 9.43. The molecule has 1 fully saturated rings. The average Bonchev–Trinajstić information content (AvgIpc) is 2.67. The van der Waals surface area contributed by atoms with Gasteiger partial charge in [-0.3, -0.25) is 9.59 Å². The van der Waals surface area contributed by atoms with Gasteiger partial charge >= 0.3 is 5.97 Å². The van der Waals surface area contributed by atoms with E-state index >= 15 is 0 Å². The van der Waals surface area contributed by atoms with E-state index in [2.05, 4.69) is 16.0 Å². The van der Waals surface area contributed by atoms with Crippen molar-refractivity contribution < 1.29 is 14.7 Å². The Morgan fingerprint density at radius 2 is 2.00 bits per heavy atom. The van der Waals surface area contributed by atoms with Crippen LogP contribution in [0.2, 0.25) is 5.15 Å². The molecular formula is C20H22ClN3O3. The lowest BCUT2D eigenvalue weighted by atomic mass is 9.96. The fourth-order valence-electron chi connectivity index (χ4n) is 3.34. The Kier molecular flexibility index (Phi) is 5.96. The molecule has 27 heavy (non-hydrogen) atoms. The van der Waals surface area contributed by atoms with E-state index in [9.17, 15) is 9.59 Å². The first-order chi connectivity index (χ1) is 12.9. The van der Waals surface area contributed by atoms with Crippen LogP contribution in [0.25, 0.3) is 0 Å². The number of carbonyl (C=O) groups is 2. The zero-order chi connectivity index (χ0) is 19.4. The van der Waals surface area contributed by atoms with Gasteiger partial charge in [-0.2, -0.15) is 0 Å². The van der Waals surface area contributed by atoms with Crippen molar-refractivity contribution in [2.24, 2.45) is 5.92 Å². The Labute approximate surface area is 163 Å². The number of carboxylic acid groups (broad SMARTS) is 1. The number of carbonyl (C=O) groups excluding carboxylic acids is 1. The number of aliphatic carboxylic acids is 1. The molecule has 1 aromatic carbocycles. The van der Waals surface area contributed by atoms with Gasteiger partial charge in [-0.1, -0.05) is 23.7 Å². The molecule has 142 valence electrons. The summed E-state index contributed by atoms with van der Waals surface area (Å²) >= 11 is 5.87. The zero-order valence-corrected chi connectivity index (χ0v) is 15.9. The monoisotopic (exact) mass is 387 g/mol. The van der Waals surface area contributed by atoms with Gasteiger partial charge in [0, 0.05) is 44.1 Å². The molecule has 1 aliphatic heterocycles. The molecule has 1 saturated heterocycles. The van der Waals surface area contributed by atoms with Crippen LogP contribution in [0.15, 0.2) is 42.6 Å². The summed E-state index contributed by atoms with van der Waals surface area (Å²) in [6.07, 6.45) is 2.83. The van der Waals surface area contributed by atoms with Crippen molar-refractivity contribution in [1.29, 1.82) is 0 Å². The summed E-state index contributed by atoms with van der Waals surface area (Å²) in [6.45, 7) is 1.92. The number of aromatic nitrogens is 1. The summed E-state index contributed by atoms with van der Waals surface area (Å²) in [6, 6.07) is 11.2. The third kappa shape index (κ3) is 4.77. The fraction of sp³-hybridized carbons (Fsp3) is 0.350. The Morgan fingerprint density at radius 1 is 1.26 bits per heavy atom. The molecule has 6 nitrogen and oxygen atoms in total. The minimum absolute atomic E-state index is 0.119. The van der Waals surface area contributed by atoms with Crippen LogP contribution >= 0.6 is 11.6 Å². The smallest absolute Gasteiger partial charge is 0.306 e. The van der Waals surface area contributed by atoms with Gasteiger partial charge in [0.25, 0.3) is 5.91 Å². The van der Waals surface area contributed by atoms with Crippen molar-refractivity contribution in [3.63, 3.8) is 0 Å². The van der Waals surface area contributed by atoms with E-state index in [-0.39, 0.29) is 11.8 Å². The first-order valence-corrected chi connectivity index (χ1v) is 9.25. The molecule has 0 atom stereocenters. The predicted octanol–water partition coefficient (Wildman–Crippen LogP) is 3.31. The summed E-state index contributed by atoms with van der Waals surface area (Å²) in [7, 11) is 1.75. The normalized spacial score (nSPS) is 14.8. The summed E-state index contributed by atoms with van der Waals surface area (Å²) in [4.78, 5) is 31.4. The lowest BCUT2D eigenvalue weighted by molar-refractivity contribution is -0.142. The molecule has 0 radical (unpaired) electrons. The second kappa shape index (κ2) is 8.39. The molecule has 0 unspecified atom stereocenters. The van der Waals surface area contributed by atoms with Crippen LogP contribution in [0.4, 0.5) is 5.69 Å². The van der Waals surface area contributed by atoms with E-state index in [0.29, 0.717) is 30.1 Å². The largest absolute Gasteiger partial charge is 0.481 e. The Morgan fingerprint density at radius 3 is 2.67 bits per heavy atom. The van der Waals surface area contributed by atoms with Crippen molar-refractivity contribution in [3.8, 4) is 0 Å².